The molecule has 0 saturated carbocycles. The summed E-state index contributed by atoms with van der Waals surface area (Å²) in [5.74, 6) is 1.49. The first-order valence-electron chi connectivity index (χ1n) is 4.99. The summed E-state index contributed by atoms with van der Waals surface area (Å²) in [5.41, 5.74) is -0.0271. The van der Waals surface area contributed by atoms with Crippen molar-refractivity contribution < 1.29 is 0 Å². The molecule has 0 radical (unpaired) electrons. The Hall–Kier alpha value is -0.700. The van der Waals surface area contributed by atoms with Gasteiger partial charge in [0.15, 0.2) is 0 Å². The van der Waals surface area contributed by atoms with E-state index in [2.05, 4.69) is 24.1 Å². The van der Waals surface area contributed by atoms with Gasteiger partial charge < -0.3 is 9.88 Å². The second kappa shape index (κ2) is 4.69. The molecule has 0 aliphatic carbocycles. The minimum Gasteiger partial charge on any atom is -0.349 e. The van der Waals surface area contributed by atoms with Crippen LogP contribution in [-0.4, -0.2) is 21.0 Å². The van der Waals surface area contributed by atoms with E-state index in [9.17, 15) is 0 Å². The predicted molar refractivity (Wildman–Crippen MR) is 60.9 cm³/mol. The fourth-order valence-electron chi connectivity index (χ4n) is 1.37. The lowest BCUT2D eigenvalue weighted by molar-refractivity contribution is 0.478. The SMILES string of the molecule is CCC(CC)(CCl)Nc1nccn1C. The molecule has 1 rings (SSSR count). The van der Waals surface area contributed by atoms with Crippen LogP contribution in [0.25, 0.3) is 0 Å². The molecule has 0 aromatic carbocycles. The van der Waals surface area contributed by atoms with Gasteiger partial charge >= 0.3 is 0 Å². The van der Waals surface area contributed by atoms with Crippen molar-refractivity contribution in [2.75, 3.05) is 11.2 Å². The molecule has 14 heavy (non-hydrogen) atoms. The normalized spacial score (nSPS) is 11.7. The largest absolute Gasteiger partial charge is 0.349 e. The maximum atomic E-state index is 5.99. The lowest BCUT2D eigenvalue weighted by Crippen LogP contribution is -2.39. The molecule has 1 aromatic rings. The van der Waals surface area contributed by atoms with Gasteiger partial charge in [-0.2, -0.15) is 0 Å². The molecule has 0 spiro atoms. The van der Waals surface area contributed by atoms with Gasteiger partial charge in [-0.1, -0.05) is 13.8 Å². The van der Waals surface area contributed by atoms with E-state index in [1.165, 1.54) is 0 Å². The summed E-state index contributed by atoms with van der Waals surface area (Å²) < 4.78 is 1.96. The minimum absolute atomic E-state index is 0.0271. The standard InChI is InChI=1S/C10H18ClN3/c1-4-10(5-2,8-11)13-9-12-6-7-14(9)3/h6-7H,4-5,8H2,1-3H3,(H,12,13). The maximum Gasteiger partial charge on any atom is 0.202 e. The van der Waals surface area contributed by atoms with E-state index in [1.54, 1.807) is 6.20 Å². The van der Waals surface area contributed by atoms with Crippen LogP contribution in [0.15, 0.2) is 12.4 Å². The number of nitrogens with zero attached hydrogens (tertiary/aromatic N) is 2. The smallest absolute Gasteiger partial charge is 0.202 e. The van der Waals surface area contributed by atoms with Gasteiger partial charge in [-0.25, -0.2) is 4.98 Å². The number of aryl methyl sites for hydroxylation is 1. The van der Waals surface area contributed by atoms with Gasteiger partial charge in [0.1, 0.15) is 0 Å². The van der Waals surface area contributed by atoms with Gasteiger partial charge in [-0.15, -0.1) is 11.6 Å². The van der Waals surface area contributed by atoms with Crippen molar-refractivity contribution in [1.82, 2.24) is 9.55 Å². The number of aromatic nitrogens is 2. The van der Waals surface area contributed by atoms with Crippen molar-refractivity contribution in [2.45, 2.75) is 32.2 Å². The Morgan fingerprint density at radius 3 is 2.50 bits per heavy atom. The summed E-state index contributed by atoms with van der Waals surface area (Å²) in [7, 11) is 1.97. The van der Waals surface area contributed by atoms with Gasteiger partial charge in [-0.3, -0.25) is 0 Å². The van der Waals surface area contributed by atoms with Crippen LogP contribution in [0.1, 0.15) is 26.7 Å². The Labute approximate surface area is 90.5 Å². The van der Waals surface area contributed by atoms with Crippen LogP contribution in [0, 0.1) is 0 Å². The van der Waals surface area contributed by atoms with Crippen LogP contribution in [0.5, 0.6) is 0 Å². The Morgan fingerprint density at radius 1 is 1.50 bits per heavy atom. The van der Waals surface area contributed by atoms with Crippen LogP contribution in [0.2, 0.25) is 0 Å². The number of imidazole rings is 1. The molecule has 0 fully saturated rings. The molecular weight excluding hydrogens is 198 g/mol. The zero-order valence-corrected chi connectivity index (χ0v) is 9.80. The van der Waals surface area contributed by atoms with E-state index in [1.807, 2.05) is 17.8 Å². The van der Waals surface area contributed by atoms with Crippen LogP contribution in [-0.2, 0) is 7.05 Å². The van der Waals surface area contributed by atoms with Crippen molar-refractivity contribution in [2.24, 2.45) is 7.05 Å². The Balaban J connectivity index is 2.79. The maximum absolute atomic E-state index is 5.99. The fraction of sp³-hybridized carbons (Fsp3) is 0.700. The van der Waals surface area contributed by atoms with Crippen molar-refractivity contribution in [3.63, 3.8) is 0 Å². The average Bonchev–Trinajstić information content (AvgIpc) is 2.61. The zero-order chi connectivity index (χ0) is 10.6. The lowest BCUT2D eigenvalue weighted by atomic mass is 9.95. The first kappa shape index (κ1) is 11.4. The minimum atomic E-state index is -0.0271. The molecule has 80 valence electrons. The van der Waals surface area contributed by atoms with E-state index in [0.29, 0.717) is 5.88 Å². The van der Waals surface area contributed by atoms with Crippen LogP contribution < -0.4 is 5.32 Å². The number of nitrogens with one attached hydrogen (secondary N) is 1. The number of alkyl halides is 1. The first-order chi connectivity index (χ1) is 6.67. The summed E-state index contributed by atoms with van der Waals surface area (Å²) in [6.45, 7) is 4.28. The highest BCUT2D eigenvalue weighted by Crippen LogP contribution is 2.22. The van der Waals surface area contributed by atoms with Gasteiger partial charge in [0.25, 0.3) is 0 Å². The highest BCUT2D eigenvalue weighted by Gasteiger charge is 2.25. The van der Waals surface area contributed by atoms with Crippen LogP contribution in [0.3, 0.4) is 0 Å². The second-order valence-corrected chi connectivity index (χ2v) is 3.88. The molecule has 0 amide bonds. The van der Waals surface area contributed by atoms with Gasteiger partial charge in [0.05, 0.1) is 5.54 Å². The van der Waals surface area contributed by atoms with E-state index in [0.717, 1.165) is 18.8 Å². The first-order valence-corrected chi connectivity index (χ1v) is 5.52. The highest BCUT2D eigenvalue weighted by molar-refractivity contribution is 6.18. The number of halogens is 1. The lowest BCUT2D eigenvalue weighted by Gasteiger charge is -2.31. The van der Waals surface area contributed by atoms with E-state index >= 15 is 0 Å². The third kappa shape index (κ3) is 2.21. The molecule has 0 unspecified atom stereocenters. The molecule has 1 heterocycles. The molecule has 0 atom stereocenters. The molecule has 0 saturated heterocycles. The summed E-state index contributed by atoms with van der Waals surface area (Å²) in [6, 6.07) is 0. The number of rotatable bonds is 5. The number of hydrogen-bond acceptors (Lipinski definition) is 2. The van der Waals surface area contributed by atoms with Crippen molar-refractivity contribution in [1.29, 1.82) is 0 Å². The Morgan fingerprint density at radius 2 is 2.14 bits per heavy atom. The van der Waals surface area contributed by atoms with Crippen LogP contribution in [0.4, 0.5) is 5.95 Å². The molecular formula is C10H18ClN3. The van der Waals surface area contributed by atoms with Gasteiger partial charge in [0.2, 0.25) is 5.95 Å². The third-order valence-corrected chi connectivity index (χ3v) is 3.32. The summed E-state index contributed by atoms with van der Waals surface area (Å²) in [5, 5.41) is 3.41. The molecule has 4 heteroatoms. The van der Waals surface area contributed by atoms with E-state index in [-0.39, 0.29) is 5.54 Å². The van der Waals surface area contributed by atoms with Crippen molar-refractivity contribution in [3.05, 3.63) is 12.4 Å². The highest BCUT2D eigenvalue weighted by atomic mass is 35.5. The molecule has 3 nitrogen and oxygen atoms in total. The Kier molecular flexibility index (Phi) is 3.81. The van der Waals surface area contributed by atoms with Crippen LogP contribution >= 0.6 is 11.6 Å². The molecule has 0 bridgehead atoms. The van der Waals surface area contributed by atoms with E-state index in [4.69, 9.17) is 11.6 Å². The molecule has 0 aliphatic rings. The predicted octanol–water partition coefficient (Wildman–Crippen LogP) is 2.63. The fourth-order valence-corrected chi connectivity index (χ4v) is 1.82. The quantitative estimate of drug-likeness (QED) is 0.766. The molecule has 1 N–H and O–H groups in total. The summed E-state index contributed by atoms with van der Waals surface area (Å²) in [4.78, 5) is 4.24. The monoisotopic (exact) mass is 215 g/mol. The third-order valence-electron chi connectivity index (χ3n) is 2.81. The summed E-state index contributed by atoms with van der Waals surface area (Å²) in [6.07, 6.45) is 5.71. The number of hydrogen-bond donors (Lipinski definition) is 1. The zero-order valence-electron chi connectivity index (χ0n) is 9.05. The number of anilines is 1. The van der Waals surface area contributed by atoms with E-state index < -0.39 is 0 Å². The molecule has 0 aliphatic heterocycles. The van der Waals surface area contributed by atoms with Gasteiger partial charge in [0, 0.05) is 25.3 Å². The second-order valence-electron chi connectivity index (χ2n) is 3.61. The summed E-state index contributed by atoms with van der Waals surface area (Å²) >= 11 is 5.99. The van der Waals surface area contributed by atoms with Gasteiger partial charge in [-0.05, 0) is 12.8 Å². The topological polar surface area (TPSA) is 29.9 Å². The molecule has 1 aromatic heterocycles. The van der Waals surface area contributed by atoms with Crippen molar-refractivity contribution in [3.8, 4) is 0 Å². The average molecular weight is 216 g/mol. The Bertz CT molecular complexity index is 270. The van der Waals surface area contributed by atoms with Crippen molar-refractivity contribution >= 4 is 17.5 Å².